The molecule has 4 atom stereocenters. The highest BCUT2D eigenvalue weighted by atomic mass is 35.5. The first-order valence-corrected chi connectivity index (χ1v) is 9.85. The van der Waals surface area contributed by atoms with E-state index in [9.17, 15) is 15.0 Å². The molecule has 150 valence electrons. The van der Waals surface area contributed by atoms with E-state index in [4.69, 9.17) is 21.1 Å². The van der Waals surface area contributed by atoms with E-state index >= 15 is 0 Å². The summed E-state index contributed by atoms with van der Waals surface area (Å²) in [6.45, 7) is 3.76. The molecule has 6 heteroatoms. The SMILES string of the molecule is C/C(Cl)=C/CC(C)[C@@H](O)/C=C/[C@@H]1c2cc(CCCCC(=O)O)oc2C[C@H]1O. The fourth-order valence-electron chi connectivity index (χ4n) is 3.31. The first-order valence-electron chi connectivity index (χ1n) is 9.48. The summed E-state index contributed by atoms with van der Waals surface area (Å²) in [5, 5.41) is 30.0. The molecule has 1 aliphatic carbocycles. The number of aliphatic hydroxyl groups is 2. The van der Waals surface area contributed by atoms with Gasteiger partial charge in [0.1, 0.15) is 11.5 Å². The lowest BCUT2D eigenvalue weighted by Crippen LogP contribution is -2.16. The molecule has 3 N–H and O–H groups in total. The molecule has 0 bridgehead atoms. The van der Waals surface area contributed by atoms with Crippen LogP contribution in [0.3, 0.4) is 0 Å². The Morgan fingerprint density at radius 2 is 2.19 bits per heavy atom. The van der Waals surface area contributed by atoms with Gasteiger partial charge >= 0.3 is 5.97 Å². The molecule has 1 aliphatic rings. The largest absolute Gasteiger partial charge is 0.481 e. The fraction of sp³-hybridized carbons (Fsp3) is 0.571. The fourth-order valence-corrected chi connectivity index (χ4v) is 3.40. The van der Waals surface area contributed by atoms with E-state index in [-0.39, 0.29) is 18.3 Å². The van der Waals surface area contributed by atoms with Gasteiger partial charge in [0.2, 0.25) is 0 Å². The molecule has 0 fully saturated rings. The molecule has 1 unspecified atom stereocenters. The van der Waals surface area contributed by atoms with Gasteiger partial charge in [-0.15, -0.1) is 0 Å². The molecule has 1 heterocycles. The van der Waals surface area contributed by atoms with Crippen molar-refractivity contribution < 1.29 is 24.5 Å². The van der Waals surface area contributed by atoms with Crippen LogP contribution in [0.25, 0.3) is 0 Å². The maximum absolute atomic E-state index is 10.6. The Hall–Kier alpha value is -1.56. The normalized spacial score (nSPS) is 22.2. The number of aryl methyl sites for hydroxylation is 1. The number of furan rings is 1. The third-order valence-electron chi connectivity index (χ3n) is 4.99. The number of carbonyl (C=O) groups is 1. The summed E-state index contributed by atoms with van der Waals surface area (Å²) in [7, 11) is 0. The van der Waals surface area contributed by atoms with Gasteiger partial charge in [-0.25, -0.2) is 0 Å². The summed E-state index contributed by atoms with van der Waals surface area (Å²) in [4.78, 5) is 10.6. The van der Waals surface area contributed by atoms with Gasteiger partial charge in [-0.2, -0.15) is 0 Å². The minimum Gasteiger partial charge on any atom is -0.481 e. The number of halogens is 1. The second-order valence-corrected chi connectivity index (χ2v) is 7.96. The van der Waals surface area contributed by atoms with Crippen molar-refractivity contribution in [3.05, 3.63) is 46.4 Å². The van der Waals surface area contributed by atoms with Crippen LogP contribution in [0.5, 0.6) is 0 Å². The zero-order valence-electron chi connectivity index (χ0n) is 15.9. The molecule has 0 saturated carbocycles. The maximum Gasteiger partial charge on any atom is 0.303 e. The molecule has 0 aromatic carbocycles. The highest BCUT2D eigenvalue weighted by molar-refractivity contribution is 6.29. The molecular formula is C21H29ClO5. The number of aliphatic hydroxyl groups excluding tert-OH is 2. The van der Waals surface area contributed by atoms with Crippen LogP contribution in [0.1, 0.15) is 62.5 Å². The summed E-state index contributed by atoms with van der Waals surface area (Å²) in [5.41, 5.74) is 0.961. The Bertz CT molecular complexity index is 687. The minimum atomic E-state index is -0.783. The zero-order chi connectivity index (χ0) is 20.0. The molecule has 0 radical (unpaired) electrons. The third-order valence-corrected chi connectivity index (χ3v) is 5.15. The van der Waals surface area contributed by atoms with Crippen molar-refractivity contribution in [2.75, 3.05) is 0 Å². The van der Waals surface area contributed by atoms with Crippen LogP contribution < -0.4 is 0 Å². The van der Waals surface area contributed by atoms with E-state index in [0.29, 0.717) is 30.7 Å². The first-order chi connectivity index (χ1) is 12.8. The van der Waals surface area contributed by atoms with E-state index < -0.39 is 18.2 Å². The van der Waals surface area contributed by atoms with Gasteiger partial charge in [0, 0.05) is 35.8 Å². The highest BCUT2D eigenvalue weighted by Gasteiger charge is 2.33. The number of unbranched alkanes of at least 4 members (excludes halogenated alkanes) is 1. The van der Waals surface area contributed by atoms with Crippen molar-refractivity contribution >= 4 is 17.6 Å². The average Bonchev–Trinajstić information content (AvgIpc) is 3.10. The Morgan fingerprint density at radius 3 is 2.85 bits per heavy atom. The smallest absolute Gasteiger partial charge is 0.303 e. The average molecular weight is 397 g/mol. The number of fused-ring (bicyclic) bond motifs is 1. The Kier molecular flexibility index (Phi) is 8.14. The van der Waals surface area contributed by atoms with Gasteiger partial charge in [0.25, 0.3) is 0 Å². The molecule has 0 aliphatic heterocycles. The number of hydrogen-bond acceptors (Lipinski definition) is 4. The number of carboxylic acids is 1. The molecule has 1 aromatic rings. The van der Waals surface area contributed by atoms with Crippen molar-refractivity contribution in [2.24, 2.45) is 5.92 Å². The zero-order valence-corrected chi connectivity index (χ0v) is 16.7. The van der Waals surface area contributed by atoms with Gasteiger partial charge in [0.05, 0.1) is 12.2 Å². The molecule has 5 nitrogen and oxygen atoms in total. The monoisotopic (exact) mass is 396 g/mol. The number of allylic oxidation sites excluding steroid dienone is 2. The standard InChI is InChI=1S/C21H29ClO5/c1-13(7-8-14(2)22)18(23)10-9-16-17-11-15(5-3-4-6-21(25)26)27-20(17)12-19(16)24/h8-11,13,16,18-19,23-24H,3-7,12H2,1-2H3,(H,25,26)/b10-9+,14-8-/t13?,16-,18+,19-/m1/s1. The van der Waals surface area contributed by atoms with E-state index in [0.717, 1.165) is 23.5 Å². The first kappa shape index (κ1) is 21.7. The van der Waals surface area contributed by atoms with Crippen LogP contribution in [0, 0.1) is 5.92 Å². The summed E-state index contributed by atoms with van der Waals surface area (Å²) in [5.74, 6) is 0.668. The number of carboxylic acid groups (broad SMARTS) is 1. The number of rotatable bonds is 10. The molecule has 27 heavy (non-hydrogen) atoms. The summed E-state index contributed by atoms with van der Waals surface area (Å²) in [6, 6.07) is 1.96. The lowest BCUT2D eigenvalue weighted by Gasteiger charge is -2.15. The molecule has 0 amide bonds. The number of aliphatic carboxylic acids is 1. The summed E-state index contributed by atoms with van der Waals surface area (Å²) >= 11 is 5.83. The second kappa shape index (κ2) is 10.1. The topological polar surface area (TPSA) is 90.9 Å². The van der Waals surface area contributed by atoms with Crippen LogP contribution in [-0.2, 0) is 17.6 Å². The molecule has 2 rings (SSSR count). The van der Waals surface area contributed by atoms with Gasteiger partial charge < -0.3 is 19.7 Å². The van der Waals surface area contributed by atoms with Gasteiger partial charge in [-0.1, -0.05) is 36.8 Å². The van der Waals surface area contributed by atoms with Crippen LogP contribution in [0.15, 0.2) is 33.7 Å². The Balaban J connectivity index is 1.95. The van der Waals surface area contributed by atoms with Gasteiger partial charge in [-0.3, -0.25) is 4.79 Å². The highest BCUT2D eigenvalue weighted by Crippen LogP contribution is 2.37. The van der Waals surface area contributed by atoms with E-state index in [1.54, 1.807) is 6.08 Å². The predicted molar refractivity (Wildman–Crippen MR) is 105 cm³/mol. The van der Waals surface area contributed by atoms with Crippen LogP contribution in [0.2, 0.25) is 0 Å². The lowest BCUT2D eigenvalue weighted by atomic mass is 9.95. The Labute approximate surface area is 165 Å². The van der Waals surface area contributed by atoms with Crippen molar-refractivity contribution in [2.45, 2.75) is 70.5 Å². The minimum absolute atomic E-state index is 0.0297. The lowest BCUT2D eigenvalue weighted by molar-refractivity contribution is -0.137. The van der Waals surface area contributed by atoms with Crippen molar-refractivity contribution in [1.82, 2.24) is 0 Å². The van der Waals surface area contributed by atoms with Crippen molar-refractivity contribution in [3.8, 4) is 0 Å². The van der Waals surface area contributed by atoms with Crippen molar-refractivity contribution in [3.63, 3.8) is 0 Å². The van der Waals surface area contributed by atoms with E-state index in [1.165, 1.54) is 0 Å². The van der Waals surface area contributed by atoms with Gasteiger partial charge in [0.15, 0.2) is 0 Å². The molecule has 1 aromatic heterocycles. The van der Waals surface area contributed by atoms with Crippen LogP contribution >= 0.6 is 11.6 Å². The van der Waals surface area contributed by atoms with Crippen LogP contribution in [0.4, 0.5) is 0 Å². The second-order valence-electron chi connectivity index (χ2n) is 7.37. The van der Waals surface area contributed by atoms with E-state index in [1.807, 2.05) is 32.1 Å². The Morgan fingerprint density at radius 1 is 1.44 bits per heavy atom. The van der Waals surface area contributed by atoms with E-state index in [2.05, 4.69) is 0 Å². The quantitative estimate of drug-likeness (QED) is 0.408. The van der Waals surface area contributed by atoms with Crippen molar-refractivity contribution in [1.29, 1.82) is 0 Å². The third kappa shape index (κ3) is 6.52. The molecular weight excluding hydrogens is 368 g/mol. The predicted octanol–water partition coefficient (Wildman–Crippen LogP) is 4.16. The summed E-state index contributed by atoms with van der Waals surface area (Å²) in [6.07, 6.45) is 7.69. The maximum atomic E-state index is 10.6. The molecule has 0 saturated heterocycles. The summed E-state index contributed by atoms with van der Waals surface area (Å²) < 4.78 is 5.83. The van der Waals surface area contributed by atoms with Gasteiger partial charge in [-0.05, 0) is 38.2 Å². The molecule has 0 spiro atoms. The van der Waals surface area contributed by atoms with Crippen LogP contribution in [-0.4, -0.2) is 33.5 Å². The number of hydrogen-bond donors (Lipinski definition) is 3.